The molecule has 0 spiro atoms. The number of hydrogen-bond donors (Lipinski definition) is 0. The number of carbonyl (C=O) groups is 1. The lowest BCUT2D eigenvalue weighted by molar-refractivity contribution is -0.145. The summed E-state index contributed by atoms with van der Waals surface area (Å²) in [5.41, 5.74) is 0.824. The van der Waals surface area contributed by atoms with Gasteiger partial charge in [0.1, 0.15) is 0 Å². The summed E-state index contributed by atoms with van der Waals surface area (Å²) < 4.78 is 6.02. The molecule has 0 aliphatic carbocycles. The molecule has 2 unspecified atom stereocenters. The van der Waals surface area contributed by atoms with Crippen LogP contribution in [0.2, 0.25) is 0 Å². The Labute approximate surface area is 106 Å². The highest BCUT2D eigenvalue weighted by Gasteiger charge is 2.17. The lowest BCUT2D eigenvalue weighted by Gasteiger charge is -2.11. The zero-order valence-electron chi connectivity index (χ0n) is 9.63. The summed E-state index contributed by atoms with van der Waals surface area (Å²) in [6, 6.07) is 0. The van der Waals surface area contributed by atoms with Crippen LogP contribution in [0.5, 0.6) is 0 Å². The number of rotatable bonds is 6. The number of alkyl halides is 1. The van der Waals surface area contributed by atoms with Gasteiger partial charge in [-0.15, -0.1) is 0 Å². The van der Waals surface area contributed by atoms with Gasteiger partial charge in [0.05, 0.1) is 12.5 Å². The standard InChI is InChI=1S/C12H19IO2/c1-5-15-12(14)11(9(2)3)7-6-10(4)8-13/h6-7,10-11H,2,5,8H2,1,3-4H3. The van der Waals surface area contributed by atoms with Gasteiger partial charge in [0.2, 0.25) is 0 Å². The van der Waals surface area contributed by atoms with E-state index >= 15 is 0 Å². The highest BCUT2D eigenvalue weighted by Crippen LogP contribution is 2.14. The molecule has 0 aliphatic heterocycles. The number of hydrogen-bond acceptors (Lipinski definition) is 2. The highest BCUT2D eigenvalue weighted by molar-refractivity contribution is 14.1. The van der Waals surface area contributed by atoms with Crippen molar-refractivity contribution in [3.8, 4) is 0 Å². The van der Waals surface area contributed by atoms with Gasteiger partial charge >= 0.3 is 5.97 Å². The third kappa shape index (κ3) is 5.97. The van der Waals surface area contributed by atoms with Crippen LogP contribution in [-0.4, -0.2) is 17.0 Å². The van der Waals surface area contributed by atoms with Gasteiger partial charge in [-0.25, -0.2) is 0 Å². The van der Waals surface area contributed by atoms with Crippen LogP contribution in [0.1, 0.15) is 20.8 Å². The van der Waals surface area contributed by atoms with Gasteiger partial charge in [0.25, 0.3) is 0 Å². The predicted molar refractivity (Wildman–Crippen MR) is 72.1 cm³/mol. The molecule has 2 nitrogen and oxygen atoms in total. The molecule has 0 bridgehead atoms. The number of allylic oxidation sites excluding steroid dienone is 1. The molecule has 0 radical (unpaired) electrons. The molecule has 15 heavy (non-hydrogen) atoms. The Morgan fingerprint density at radius 1 is 1.53 bits per heavy atom. The topological polar surface area (TPSA) is 26.3 Å². The number of carbonyl (C=O) groups excluding carboxylic acids is 1. The van der Waals surface area contributed by atoms with Crippen molar-refractivity contribution in [1.29, 1.82) is 0 Å². The molecular weight excluding hydrogens is 303 g/mol. The molecule has 0 amide bonds. The Morgan fingerprint density at radius 2 is 2.13 bits per heavy atom. The summed E-state index contributed by atoms with van der Waals surface area (Å²) in [7, 11) is 0. The molecule has 0 fully saturated rings. The second-order valence-electron chi connectivity index (χ2n) is 3.59. The van der Waals surface area contributed by atoms with Crippen LogP contribution < -0.4 is 0 Å². The first-order chi connectivity index (χ1) is 7.02. The van der Waals surface area contributed by atoms with Crippen molar-refractivity contribution in [2.45, 2.75) is 20.8 Å². The van der Waals surface area contributed by atoms with Crippen molar-refractivity contribution < 1.29 is 9.53 Å². The zero-order valence-corrected chi connectivity index (χ0v) is 11.8. The van der Waals surface area contributed by atoms with E-state index in [4.69, 9.17) is 4.74 Å². The molecular formula is C12H19IO2. The van der Waals surface area contributed by atoms with Crippen LogP contribution in [0.25, 0.3) is 0 Å². The van der Waals surface area contributed by atoms with Crippen molar-refractivity contribution >= 4 is 28.6 Å². The largest absolute Gasteiger partial charge is 0.465 e. The summed E-state index contributed by atoms with van der Waals surface area (Å²) >= 11 is 2.32. The van der Waals surface area contributed by atoms with Crippen LogP contribution in [0, 0.1) is 11.8 Å². The number of halogens is 1. The van der Waals surface area contributed by atoms with E-state index in [-0.39, 0.29) is 11.9 Å². The van der Waals surface area contributed by atoms with Crippen LogP contribution in [0.15, 0.2) is 24.3 Å². The fourth-order valence-corrected chi connectivity index (χ4v) is 1.32. The van der Waals surface area contributed by atoms with Crippen LogP contribution in [-0.2, 0) is 9.53 Å². The molecule has 2 atom stereocenters. The third-order valence-electron chi connectivity index (χ3n) is 1.95. The fourth-order valence-electron chi connectivity index (χ4n) is 1.03. The molecule has 0 aromatic carbocycles. The fraction of sp³-hybridized carbons (Fsp3) is 0.583. The van der Waals surface area contributed by atoms with Crippen LogP contribution in [0.3, 0.4) is 0 Å². The maximum atomic E-state index is 11.5. The van der Waals surface area contributed by atoms with Crippen molar-refractivity contribution in [3.63, 3.8) is 0 Å². The normalized spacial score (nSPS) is 14.9. The molecule has 0 aliphatic rings. The Balaban J connectivity index is 4.47. The van der Waals surface area contributed by atoms with Crippen LogP contribution >= 0.6 is 22.6 Å². The van der Waals surface area contributed by atoms with E-state index in [1.807, 2.05) is 26.0 Å². The van der Waals surface area contributed by atoms with Gasteiger partial charge in [0, 0.05) is 4.43 Å². The van der Waals surface area contributed by atoms with Crippen molar-refractivity contribution in [2.75, 3.05) is 11.0 Å². The summed E-state index contributed by atoms with van der Waals surface area (Å²) in [4.78, 5) is 11.5. The van der Waals surface area contributed by atoms with Crippen molar-refractivity contribution in [3.05, 3.63) is 24.3 Å². The van der Waals surface area contributed by atoms with Gasteiger partial charge in [-0.05, 0) is 19.8 Å². The van der Waals surface area contributed by atoms with Gasteiger partial charge in [-0.3, -0.25) is 4.79 Å². The molecule has 0 rings (SSSR count). The zero-order chi connectivity index (χ0) is 11.8. The van der Waals surface area contributed by atoms with E-state index in [9.17, 15) is 4.79 Å². The average Bonchev–Trinajstić information content (AvgIpc) is 2.17. The number of ether oxygens (including phenoxy) is 1. The lowest BCUT2D eigenvalue weighted by atomic mass is 10.00. The smallest absolute Gasteiger partial charge is 0.316 e. The molecule has 3 heteroatoms. The molecule has 0 aromatic heterocycles. The minimum atomic E-state index is -0.296. The number of esters is 1. The van der Waals surface area contributed by atoms with Crippen molar-refractivity contribution in [1.82, 2.24) is 0 Å². The SMILES string of the molecule is C=C(C)C(C=CC(C)CI)C(=O)OCC. The van der Waals surface area contributed by atoms with Gasteiger partial charge in [0.15, 0.2) is 0 Å². The molecule has 0 N–H and O–H groups in total. The van der Waals surface area contributed by atoms with Gasteiger partial charge < -0.3 is 4.74 Å². The maximum absolute atomic E-state index is 11.5. The first-order valence-electron chi connectivity index (χ1n) is 5.09. The van der Waals surface area contributed by atoms with Gasteiger partial charge in [-0.1, -0.05) is 53.8 Å². The Kier molecular flexibility index (Phi) is 7.74. The second kappa shape index (κ2) is 7.91. The summed E-state index contributed by atoms with van der Waals surface area (Å²) in [5.74, 6) is -0.0286. The molecule has 0 heterocycles. The van der Waals surface area contributed by atoms with Crippen LogP contribution in [0.4, 0.5) is 0 Å². The monoisotopic (exact) mass is 322 g/mol. The lowest BCUT2D eigenvalue weighted by Crippen LogP contribution is -2.16. The first-order valence-corrected chi connectivity index (χ1v) is 6.61. The quantitative estimate of drug-likeness (QED) is 0.324. The molecule has 86 valence electrons. The second-order valence-corrected chi connectivity index (χ2v) is 4.47. The minimum absolute atomic E-state index is 0.207. The summed E-state index contributed by atoms with van der Waals surface area (Å²) in [6.07, 6.45) is 3.94. The minimum Gasteiger partial charge on any atom is -0.465 e. The van der Waals surface area contributed by atoms with Gasteiger partial charge in [-0.2, -0.15) is 0 Å². The van der Waals surface area contributed by atoms with Crippen molar-refractivity contribution in [2.24, 2.45) is 11.8 Å². The highest BCUT2D eigenvalue weighted by atomic mass is 127. The third-order valence-corrected chi connectivity index (χ3v) is 3.34. The van der Waals surface area contributed by atoms with E-state index in [2.05, 4.69) is 36.1 Å². The van der Waals surface area contributed by atoms with E-state index < -0.39 is 0 Å². The molecule has 0 aromatic rings. The Morgan fingerprint density at radius 3 is 2.53 bits per heavy atom. The maximum Gasteiger partial charge on any atom is 0.316 e. The summed E-state index contributed by atoms with van der Waals surface area (Å²) in [6.45, 7) is 10.00. The predicted octanol–water partition coefficient (Wildman–Crippen LogP) is 3.37. The van der Waals surface area contributed by atoms with E-state index in [1.54, 1.807) is 0 Å². The van der Waals surface area contributed by atoms with E-state index in [0.29, 0.717) is 12.5 Å². The molecule has 0 saturated heterocycles. The first kappa shape index (κ1) is 14.7. The summed E-state index contributed by atoms with van der Waals surface area (Å²) in [5, 5.41) is 0. The van der Waals surface area contributed by atoms with E-state index in [0.717, 1.165) is 10.0 Å². The Bertz CT molecular complexity index is 246. The van der Waals surface area contributed by atoms with E-state index in [1.165, 1.54) is 0 Å². The Hall–Kier alpha value is -0.320. The average molecular weight is 322 g/mol. The molecule has 0 saturated carbocycles.